The van der Waals surface area contributed by atoms with E-state index in [4.69, 9.17) is 0 Å². The number of aliphatic hydroxyl groups excluding tert-OH is 1. The number of allylic oxidation sites excluding steroid dienone is 2. The van der Waals surface area contributed by atoms with Crippen LogP contribution in [0.25, 0.3) is 0 Å². The van der Waals surface area contributed by atoms with E-state index in [1.54, 1.807) is 19.1 Å². The summed E-state index contributed by atoms with van der Waals surface area (Å²) in [5.41, 5.74) is 2.50. The molecule has 3 rings (SSSR count). The third kappa shape index (κ3) is 2.74. The van der Waals surface area contributed by atoms with Crippen molar-refractivity contribution in [1.82, 2.24) is 4.90 Å². The molecule has 0 bridgehead atoms. The molecule has 1 aliphatic heterocycles. The van der Waals surface area contributed by atoms with Crippen LogP contribution in [0.3, 0.4) is 0 Å². The van der Waals surface area contributed by atoms with Crippen molar-refractivity contribution in [2.45, 2.75) is 13.1 Å². The minimum atomic E-state index is -0.457. The lowest BCUT2D eigenvalue weighted by Crippen LogP contribution is -2.30. The van der Waals surface area contributed by atoms with Gasteiger partial charge in [0.1, 0.15) is 11.9 Å². The number of benzene rings is 2. The summed E-state index contributed by atoms with van der Waals surface area (Å²) in [7, 11) is 1.86. The number of non-ortho nitro benzene ring substituents is 1. The average molecular weight is 323 g/mol. The summed E-state index contributed by atoms with van der Waals surface area (Å²) in [5, 5.41) is 21.5. The van der Waals surface area contributed by atoms with Crippen molar-refractivity contribution >= 4 is 11.4 Å². The van der Waals surface area contributed by atoms with E-state index < -0.39 is 4.92 Å². The molecular formula is C18H17N3O3. The number of rotatable bonds is 3. The normalized spacial score (nSPS) is 17.7. The third-order valence-corrected chi connectivity index (χ3v) is 4.14. The molecule has 2 aromatic carbocycles. The quantitative estimate of drug-likeness (QED) is 0.688. The fraction of sp³-hybridized carbons (Fsp3) is 0.167. The first-order valence-electron chi connectivity index (χ1n) is 7.49. The Balaban J connectivity index is 2.11. The van der Waals surface area contributed by atoms with Gasteiger partial charge in [-0.15, -0.1) is 0 Å². The molecule has 0 amide bonds. The number of hydrogen-bond acceptors (Lipinski definition) is 5. The van der Waals surface area contributed by atoms with E-state index in [1.807, 2.05) is 42.3 Å². The van der Waals surface area contributed by atoms with Crippen LogP contribution in [0.1, 0.15) is 24.2 Å². The SMILES string of the molecule is CC1=C(O)C(c2cccc([N+](=O)[O-])c2)=NC(c2ccccc2)N1C. The van der Waals surface area contributed by atoms with Gasteiger partial charge in [-0.3, -0.25) is 15.1 Å². The zero-order valence-electron chi connectivity index (χ0n) is 13.4. The van der Waals surface area contributed by atoms with Crippen molar-refractivity contribution in [1.29, 1.82) is 0 Å². The number of nitro groups is 1. The maximum atomic E-state index is 11.0. The van der Waals surface area contributed by atoms with E-state index in [-0.39, 0.29) is 17.6 Å². The van der Waals surface area contributed by atoms with Crippen LogP contribution in [0.2, 0.25) is 0 Å². The van der Waals surface area contributed by atoms with Crippen LogP contribution >= 0.6 is 0 Å². The highest BCUT2D eigenvalue weighted by Gasteiger charge is 2.27. The molecule has 122 valence electrons. The molecule has 0 aromatic heterocycles. The van der Waals surface area contributed by atoms with E-state index in [2.05, 4.69) is 4.99 Å². The fourth-order valence-corrected chi connectivity index (χ4v) is 2.69. The van der Waals surface area contributed by atoms with Crippen LogP contribution in [0, 0.1) is 10.1 Å². The topological polar surface area (TPSA) is 79.0 Å². The molecular weight excluding hydrogens is 306 g/mol. The standard InChI is InChI=1S/C18H17N3O3/c1-12-17(22)16(14-9-6-10-15(11-14)21(23)24)19-18(20(12)2)13-7-4-3-5-8-13/h3-11,18,22H,1-2H3. The number of nitrogens with zero attached hydrogens (tertiary/aromatic N) is 3. The number of nitro benzene ring substituents is 1. The maximum Gasteiger partial charge on any atom is 0.270 e. The minimum Gasteiger partial charge on any atom is -0.504 e. The Morgan fingerprint density at radius 3 is 2.54 bits per heavy atom. The first kappa shape index (κ1) is 15.7. The Morgan fingerprint density at radius 2 is 1.88 bits per heavy atom. The second-order valence-electron chi connectivity index (χ2n) is 5.61. The fourth-order valence-electron chi connectivity index (χ4n) is 2.69. The summed E-state index contributed by atoms with van der Waals surface area (Å²) in [6.07, 6.45) is -0.295. The smallest absolute Gasteiger partial charge is 0.270 e. The highest BCUT2D eigenvalue weighted by atomic mass is 16.6. The molecule has 0 aliphatic carbocycles. The van der Waals surface area contributed by atoms with Crippen LogP contribution in [0.4, 0.5) is 5.69 Å². The van der Waals surface area contributed by atoms with Crippen molar-refractivity contribution in [3.05, 3.63) is 87.3 Å². The van der Waals surface area contributed by atoms with Gasteiger partial charge in [-0.1, -0.05) is 42.5 Å². The van der Waals surface area contributed by atoms with Crippen LogP contribution in [0.15, 0.2) is 71.0 Å². The van der Waals surface area contributed by atoms with Gasteiger partial charge in [-0.25, -0.2) is 0 Å². The van der Waals surface area contributed by atoms with Gasteiger partial charge in [-0.05, 0) is 12.5 Å². The Bertz CT molecular complexity index is 844. The molecule has 1 atom stereocenters. The van der Waals surface area contributed by atoms with Crippen molar-refractivity contribution in [2.75, 3.05) is 7.05 Å². The second kappa shape index (κ2) is 6.16. The Hall–Kier alpha value is -3.15. The van der Waals surface area contributed by atoms with Crippen molar-refractivity contribution in [2.24, 2.45) is 4.99 Å². The van der Waals surface area contributed by atoms with Crippen LogP contribution < -0.4 is 0 Å². The average Bonchev–Trinajstić information content (AvgIpc) is 2.61. The molecule has 0 saturated heterocycles. The largest absolute Gasteiger partial charge is 0.504 e. The van der Waals surface area contributed by atoms with Crippen LogP contribution in [-0.2, 0) is 0 Å². The number of aliphatic hydroxyl groups is 1. The lowest BCUT2D eigenvalue weighted by molar-refractivity contribution is -0.384. The zero-order chi connectivity index (χ0) is 17.3. The molecule has 1 N–H and O–H groups in total. The summed E-state index contributed by atoms with van der Waals surface area (Å²) < 4.78 is 0. The van der Waals surface area contributed by atoms with Gasteiger partial charge in [0.25, 0.3) is 5.69 Å². The van der Waals surface area contributed by atoms with E-state index in [1.165, 1.54) is 12.1 Å². The summed E-state index contributed by atoms with van der Waals surface area (Å²) in [5.74, 6) is 0.0326. The maximum absolute atomic E-state index is 11.0. The molecule has 0 saturated carbocycles. The van der Waals surface area contributed by atoms with E-state index >= 15 is 0 Å². The molecule has 24 heavy (non-hydrogen) atoms. The van der Waals surface area contributed by atoms with Crippen LogP contribution in [0.5, 0.6) is 0 Å². The third-order valence-electron chi connectivity index (χ3n) is 4.14. The molecule has 1 unspecified atom stereocenters. The summed E-state index contributed by atoms with van der Waals surface area (Å²) in [6.45, 7) is 1.80. The van der Waals surface area contributed by atoms with Crippen molar-refractivity contribution in [3.8, 4) is 0 Å². The lowest BCUT2D eigenvalue weighted by atomic mass is 10.0. The van der Waals surface area contributed by atoms with Gasteiger partial charge >= 0.3 is 0 Å². The van der Waals surface area contributed by atoms with Gasteiger partial charge in [-0.2, -0.15) is 0 Å². The van der Waals surface area contributed by atoms with Crippen molar-refractivity contribution in [3.63, 3.8) is 0 Å². The molecule has 6 heteroatoms. The predicted octanol–water partition coefficient (Wildman–Crippen LogP) is 3.82. The van der Waals surface area contributed by atoms with Crippen LogP contribution in [-0.4, -0.2) is 27.7 Å². The molecule has 0 spiro atoms. The van der Waals surface area contributed by atoms with E-state index in [9.17, 15) is 15.2 Å². The van der Waals surface area contributed by atoms with Gasteiger partial charge < -0.3 is 10.0 Å². The zero-order valence-corrected chi connectivity index (χ0v) is 13.4. The van der Waals surface area contributed by atoms with Crippen molar-refractivity contribution < 1.29 is 10.0 Å². The molecule has 1 heterocycles. The second-order valence-corrected chi connectivity index (χ2v) is 5.61. The van der Waals surface area contributed by atoms with E-state index in [0.29, 0.717) is 17.0 Å². The van der Waals surface area contributed by atoms with Gasteiger partial charge in [0.15, 0.2) is 5.76 Å². The predicted molar refractivity (Wildman–Crippen MR) is 91.9 cm³/mol. The van der Waals surface area contributed by atoms with E-state index in [0.717, 1.165) is 5.56 Å². The Morgan fingerprint density at radius 1 is 1.17 bits per heavy atom. The monoisotopic (exact) mass is 323 g/mol. The number of aliphatic imine (C=N–C) groups is 1. The molecule has 6 nitrogen and oxygen atoms in total. The summed E-state index contributed by atoms with van der Waals surface area (Å²) >= 11 is 0. The highest BCUT2D eigenvalue weighted by Crippen LogP contribution is 2.32. The lowest BCUT2D eigenvalue weighted by Gasteiger charge is -2.33. The molecule has 2 aromatic rings. The first-order valence-corrected chi connectivity index (χ1v) is 7.49. The Labute approximate surface area is 139 Å². The van der Waals surface area contributed by atoms with Gasteiger partial charge in [0, 0.05) is 24.7 Å². The summed E-state index contributed by atoms with van der Waals surface area (Å²) in [6, 6.07) is 15.9. The number of hydrogen-bond donors (Lipinski definition) is 1. The molecule has 0 fully saturated rings. The Kier molecular flexibility index (Phi) is 4.04. The highest BCUT2D eigenvalue weighted by molar-refractivity contribution is 6.12. The van der Waals surface area contributed by atoms with Gasteiger partial charge in [0.05, 0.1) is 10.6 Å². The molecule has 1 aliphatic rings. The first-order chi connectivity index (χ1) is 11.5. The van der Waals surface area contributed by atoms with Gasteiger partial charge in [0.2, 0.25) is 0 Å². The minimum absolute atomic E-state index is 0.0316. The summed E-state index contributed by atoms with van der Waals surface area (Å²) in [4.78, 5) is 17.1. The molecule has 0 radical (unpaired) electrons.